The molecule has 0 radical (unpaired) electrons. The van der Waals surface area contributed by atoms with Gasteiger partial charge in [0.25, 0.3) is 5.56 Å². The fourth-order valence-corrected chi connectivity index (χ4v) is 4.32. The van der Waals surface area contributed by atoms with Gasteiger partial charge in [-0.2, -0.15) is 0 Å². The van der Waals surface area contributed by atoms with Crippen molar-refractivity contribution in [2.24, 2.45) is 0 Å². The van der Waals surface area contributed by atoms with Crippen LogP contribution in [0.5, 0.6) is 17.2 Å². The van der Waals surface area contributed by atoms with Crippen molar-refractivity contribution < 1.29 is 14.2 Å². The Morgan fingerprint density at radius 1 is 0.871 bits per heavy atom. The fraction of sp³-hybridized carbons (Fsp3) is 0.167. The van der Waals surface area contributed by atoms with Gasteiger partial charge in [0.1, 0.15) is 0 Å². The van der Waals surface area contributed by atoms with Gasteiger partial charge in [-0.05, 0) is 42.0 Å². The van der Waals surface area contributed by atoms with Crippen molar-refractivity contribution in [2.75, 3.05) is 21.3 Å². The number of thioether (sulfide) groups is 1. The van der Waals surface area contributed by atoms with Gasteiger partial charge in [-0.3, -0.25) is 9.36 Å². The van der Waals surface area contributed by atoms with Gasteiger partial charge in [-0.15, -0.1) is 0 Å². The summed E-state index contributed by atoms with van der Waals surface area (Å²) in [6.45, 7) is 0. The fourth-order valence-electron chi connectivity index (χ4n) is 3.38. The molecule has 4 aromatic rings. The van der Waals surface area contributed by atoms with Crippen LogP contribution in [0.4, 0.5) is 0 Å². The highest BCUT2D eigenvalue weighted by Gasteiger charge is 2.16. The zero-order valence-corrected chi connectivity index (χ0v) is 18.3. The quantitative estimate of drug-likeness (QED) is 0.310. The van der Waals surface area contributed by atoms with Gasteiger partial charge in [-0.25, -0.2) is 4.98 Å². The van der Waals surface area contributed by atoms with E-state index in [-0.39, 0.29) is 5.56 Å². The molecule has 0 spiro atoms. The molecule has 158 valence electrons. The average molecular weight is 435 g/mol. The Morgan fingerprint density at radius 3 is 2.16 bits per heavy atom. The molecule has 1 aromatic heterocycles. The van der Waals surface area contributed by atoms with E-state index in [0.29, 0.717) is 39.1 Å². The molecule has 0 atom stereocenters. The third-order valence-corrected chi connectivity index (χ3v) is 5.86. The Kier molecular flexibility index (Phi) is 6.13. The van der Waals surface area contributed by atoms with Crippen LogP contribution >= 0.6 is 11.8 Å². The summed E-state index contributed by atoms with van der Waals surface area (Å²) in [5.41, 5.74) is 2.32. The molecule has 0 saturated carbocycles. The van der Waals surface area contributed by atoms with Crippen LogP contribution in [0.25, 0.3) is 16.6 Å². The van der Waals surface area contributed by atoms with E-state index in [0.717, 1.165) is 11.3 Å². The van der Waals surface area contributed by atoms with E-state index in [2.05, 4.69) is 0 Å². The molecule has 0 aliphatic rings. The zero-order valence-electron chi connectivity index (χ0n) is 17.5. The van der Waals surface area contributed by atoms with E-state index in [1.807, 2.05) is 60.7 Å². The van der Waals surface area contributed by atoms with Crippen LogP contribution in [-0.4, -0.2) is 30.9 Å². The maximum Gasteiger partial charge on any atom is 0.266 e. The minimum absolute atomic E-state index is 0.0933. The summed E-state index contributed by atoms with van der Waals surface area (Å²) in [6, 6.07) is 20.7. The van der Waals surface area contributed by atoms with Crippen LogP contribution in [0.2, 0.25) is 0 Å². The van der Waals surface area contributed by atoms with E-state index in [1.54, 1.807) is 32.0 Å². The second-order valence-corrected chi connectivity index (χ2v) is 7.65. The average Bonchev–Trinajstić information content (AvgIpc) is 2.82. The lowest BCUT2D eigenvalue weighted by atomic mass is 10.2. The molecule has 0 amide bonds. The van der Waals surface area contributed by atoms with Crippen molar-refractivity contribution in [1.82, 2.24) is 9.55 Å². The van der Waals surface area contributed by atoms with Gasteiger partial charge in [0.2, 0.25) is 5.75 Å². The molecule has 0 saturated heterocycles. The van der Waals surface area contributed by atoms with Crippen molar-refractivity contribution in [3.63, 3.8) is 0 Å². The van der Waals surface area contributed by atoms with E-state index in [9.17, 15) is 4.79 Å². The molecule has 0 unspecified atom stereocenters. The molecule has 0 N–H and O–H groups in total. The standard InChI is InChI=1S/C24H22N2O4S/c1-28-20-13-16(14-21(29-2)22(20)30-3)15-31-24-25-19-12-8-7-11-18(19)23(27)26(24)17-9-5-4-6-10-17/h4-14H,15H2,1-3H3. The lowest BCUT2D eigenvalue weighted by Gasteiger charge is -2.15. The largest absolute Gasteiger partial charge is 0.493 e. The number of fused-ring (bicyclic) bond motifs is 1. The number of aromatic nitrogens is 2. The Bertz CT molecular complexity index is 1250. The summed E-state index contributed by atoms with van der Waals surface area (Å²) in [5, 5.41) is 1.20. The third kappa shape index (κ3) is 4.09. The molecule has 31 heavy (non-hydrogen) atoms. The highest BCUT2D eigenvalue weighted by Crippen LogP contribution is 2.39. The van der Waals surface area contributed by atoms with Crippen LogP contribution in [0.15, 0.2) is 76.7 Å². The zero-order chi connectivity index (χ0) is 21.8. The van der Waals surface area contributed by atoms with Gasteiger partial charge in [0, 0.05) is 5.75 Å². The van der Waals surface area contributed by atoms with Gasteiger partial charge in [-0.1, -0.05) is 42.1 Å². The summed E-state index contributed by atoms with van der Waals surface area (Å²) in [4.78, 5) is 18.1. The second kappa shape index (κ2) is 9.14. The Balaban J connectivity index is 1.78. The molecule has 0 fully saturated rings. The number of para-hydroxylation sites is 2. The number of nitrogens with zero attached hydrogens (tertiary/aromatic N) is 2. The van der Waals surface area contributed by atoms with Gasteiger partial charge < -0.3 is 14.2 Å². The van der Waals surface area contributed by atoms with E-state index in [4.69, 9.17) is 19.2 Å². The summed E-state index contributed by atoms with van der Waals surface area (Å²) in [6.07, 6.45) is 0. The number of rotatable bonds is 7. The summed E-state index contributed by atoms with van der Waals surface area (Å²) in [5.74, 6) is 2.28. The molecule has 3 aromatic carbocycles. The van der Waals surface area contributed by atoms with Crippen molar-refractivity contribution in [2.45, 2.75) is 10.9 Å². The predicted molar refractivity (Wildman–Crippen MR) is 123 cm³/mol. The molecule has 0 bridgehead atoms. The molecule has 0 aliphatic heterocycles. The molecule has 7 heteroatoms. The molecular formula is C24H22N2O4S. The first-order chi connectivity index (χ1) is 15.2. The number of ether oxygens (including phenoxy) is 3. The van der Waals surface area contributed by atoms with Crippen LogP contribution in [0.1, 0.15) is 5.56 Å². The van der Waals surface area contributed by atoms with Crippen molar-refractivity contribution in [1.29, 1.82) is 0 Å². The predicted octanol–water partition coefficient (Wildman–Crippen LogP) is 4.70. The maximum absolute atomic E-state index is 13.3. The summed E-state index contributed by atoms with van der Waals surface area (Å²) in [7, 11) is 4.75. The van der Waals surface area contributed by atoms with E-state index in [1.165, 1.54) is 11.8 Å². The van der Waals surface area contributed by atoms with Gasteiger partial charge in [0.15, 0.2) is 16.7 Å². The van der Waals surface area contributed by atoms with Crippen molar-refractivity contribution in [3.05, 3.63) is 82.6 Å². The van der Waals surface area contributed by atoms with Crippen LogP contribution in [-0.2, 0) is 5.75 Å². The maximum atomic E-state index is 13.3. The smallest absolute Gasteiger partial charge is 0.266 e. The number of hydrogen-bond donors (Lipinski definition) is 0. The van der Waals surface area contributed by atoms with Gasteiger partial charge in [0.05, 0.1) is 37.9 Å². The summed E-state index contributed by atoms with van der Waals surface area (Å²) < 4.78 is 18.0. The molecule has 0 aliphatic carbocycles. The third-order valence-electron chi connectivity index (χ3n) is 4.85. The molecular weight excluding hydrogens is 412 g/mol. The number of hydrogen-bond acceptors (Lipinski definition) is 6. The Labute approximate surface area is 184 Å². The highest BCUT2D eigenvalue weighted by atomic mass is 32.2. The lowest BCUT2D eigenvalue weighted by Crippen LogP contribution is -2.21. The highest BCUT2D eigenvalue weighted by molar-refractivity contribution is 7.98. The van der Waals surface area contributed by atoms with Crippen LogP contribution in [0.3, 0.4) is 0 Å². The van der Waals surface area contributed by atoms with Crippen molar-refractivity contribution >= 4 is 22.7 Å². The van der Waals surface area contributed by atoms with Gasteiger partial charge >= 0.3 is 0 Å². The topological polar surface area (TPSA) is 62.6 Å². The first-order valence-electron chi connectivity index (χ1n) is 9.65. The summed E-state index contributed by atoms with van der Waals surface area (Å²) >= 11 is 1.48. The minimum atomic E-state index is -0.0933. The van der Waals surface area contributed by atoms with Crippen LogP contribution in [0, 0.1) is 0 Å². The number of benzene rings is 3. The SMILES string of the molecule is COc1cc(CSc2nc3ccccc3c(=O)n2-c2ccccc2)cc(OC)c1OC. The normalized spacial score (nSPS) is 10.8. The van der Waals surface area contributed by atoms with Crippen molar-refractivity contribution in [3.8, 4) is 22.9 Å². The first-order valence-corrected chi connectivity index (χ1v) is 10.6. The van der Waals surface area contributed by atoms with E-state index >= 15 is 0 Å². The van der Waals surface area contributed by atoms with Crippen LogP contribution < -0.4 is 19.8 Å². The van der Waals surface area contributed by atoms with E-state index < -0.39 is 0 Å². The first kappa shape index (κ1) is 20.8. The number of methoxy groups -OCH3 is 3. The Morgan fingerprint density at radius 2 is 1.52 bits per heavy atom. The molecule has 1 heterocycles. The lowest BCUT2D eigenvalue weighted by molar-refractivity contribution is 0.324. The Hall–Kier alpha value is -3.45. The minimum Gasteiger partial charge on any atom is -0.493 e. The molecule has 6 nitrogen and oxygen atoms in total. The molecule has 4 rings (SSSR count). The second-order valence-electron chi connectivity index (χ2n) is 6.71. The monoisotopic (exact) mass is 434 g/mol.